The van der Waals surface area contributed by atoms with Gasteiger partial charge in [-0.05, 0) is 56.2 Å². The molecule has 5 nitrogen and oxygen atoms in total. The van der Waals surface area contributed by atoms with Crippen molar-refractivity contribution in [3.63, 3.8) is 0 Å². The zero-order chi connectivity index (χ0) is 17.4. The standard InChI is InChI=1S/C20H26N2O3/c1-14-3-2-8-22-12-16(11-17(14)22)19(24)21-18(15-4-5-15)20(13-23)6-9-25-10-7-20/h2-3,8,11-12,15,18,23H,4-7,9-10,13H2,1H3,(H,21,24). The maximum atomic E-state index is 12.9. The number of ether oxygens (including phenoxy) is 1. The molecular weight excluding hydrogens is 316 g/mol. The number of pyridine rings is 1. The van der Waals surface area contributed by atoms with E-state index in [0.29, 0.717) is 24.7 Å². The second-order valence-corrected chi connectivity index (χ2v) is 7.63. The summed E-state index contributed by atoms with van der Waals surface area (Å²) in [5, 5.41) is 13.4. The van der Waals surface area contributed by atoms with E-state index >= 15 is 0 Å². The monoisotopic (exact) mass is 342 g/mol. The number of nitrogens with zero attached hydrogens (tertiary/aromatic N) is 1. The van der Waals surface area contributed by atoms with Crippen LogP contribution in [-0.2, 0) is 4.74 Å². The van der Waals surface area contributed by atoms with Crippen LogP contribution in [0.2, 0.25) is 0 Å². The second kappa shape index (κ2) is 6.46. The molecule has 1 saturated heterocycles. The molecule has 0 radical (unpaired) electrons. The van der Waals surface area contributed by atoms with Gasteiger partial charge in [-0.25, -0.2) is 0 Å². The van der Waals surface area contributed by atoms with Crippen molar-refractivity contribution >= 4 is 11.4 Å². The molecule has 1 aliphatic heterocycles. The first-order valence-electron chi connectivity index (χ1n) is 9.20. The van der Waals surface area contributed by atoms with E-state index in [4.69, 9.17) is 4.74 Å². The van der Waals surface area contributed by atoms with Gasteiger partial charge in [0, 0.05) is 42.6 Å². The molecule has 1 aliphatic carbocycles. The maximum absolute atomic E-state index is 12.9. The summed E-state index contributed by atoms with van der Waals surface area (Å²) >= 11 is 0. The topological polar surface area (TPSA) is 63.0 Å². The minimum atomic E-state index is -0.246. The van der Waals surface area contributed by atoms with Crippen LogP contribution in [0.3, 0.4) is 0 Å². The van der Waals surface area contributed by atoms with Crippen molar-refractivity contribution in [1.82, 2.24) is 9.72 Å². The van der Waals surface area contributed by atoms with E-state index in [1.54, 1.807) is 0 Å². The molecule has 2 aromatic rings. The highest BCUT2D eigenvalue weighted by atomic mass is 16.5. The van der Waals surface area contributed by atoms with Crippen molar-refractivity contribution in [3.05, 3.63) is 41.7 Å². The van der Waals surface area contributed by atoms with E-state index < -0.39 is 0 Å². The third-order valence-electron chi connectivity index (χ3n) is 5.95. The predicted octanol–water partition coefficient (Wildman–Crippen LogP) is 2.55. The van der Waals surface area contributed by atoms with Crippen LogP contribution in [0.15, 0.2) is 30.6 Å². The van der Waals surface area contributed by atoms with Gasteiger partial charge in [0.05, 0.1) is 12.2 Å². The van der Waals surface area contributed by atoms with Crippen molar-refractivity contribution in [1.29, 1.82) is 0 Å². The smallest absolute Gasteiger partial charge is 0.253 e. The number of aromatic nitrogens is 1. The van der Waals surface area contributed by atoms with Crippen LogP contribution in [-0.4, -0.2) is 41.3 Å². The van der Waals surface area contributed by atoms with Gasteiger partial charge in [-0.3, -0.25) is 4.79 Å². The number of amides is 1. The Bertz CT molecular complexity index is 772. The Hall–Kier alpha value is -1.85. The zero-order valence-corrected chi connectivity index (χ0v) is 14.7. The van der Waals surface area contributed by atoms with Crippen molar-refractivity contribution in [3.8, 4) is 0 Å². The van der Waals surface area contributed by atoms with E-state index in [2.05, 4.69) is 5.32 Å². The third-order valence-corrected chi connectivity index (χ3v) is 5.95. The van der Waals surface area contributed by atoms with Gasteiger partial charge in [0.15, 0.2) is 0 Å². The fourth-order valence-corrected chi connectivity index (χ4v) is 4.18. The Morgan fingerprint density at radius 3 is 2.84 bits per heavy atom. The number of nitrogens with one attached hydrogen (secondary N) is 1. The largest absolute Gasteiger partial charge is 0.396 e. The third kappa shape index (κ3) is 3.07. The lowest BCUT2D eigenvalue weighted by molar-refractivity contribution is -0.0403. The lowest BCUT2D eigenvalue weighted by atomic mass is 9.72. The van der Waals surface area contributed by atoms with Crippen LogP contribution < -0.4 is 5.32 Å². The van der Waals surface area contributed by atoms with E-state index in [1.165, 1.54) is 0 Å². The molecule has 1 amide bonds. The molecule has 25 heavy (non-hydrogen) atoms. The quantitative estimate of drug-likeness (QED) is 0.878. The fraction of sp³-hybridized carbons (Fsp3) is 0.550. The molecule has 0 bridgehead atoms. The number of aryl methyl sites for hydroxylation is 1. The number of hydrogen-bond acceptors (Lipinski definition) is 3. The normalized spacial score (nSPS) is 21.2. The van der Waals surface area contributed by atoms with Gasteiger partial charge in [0.1, 0.15) is 0 Å². The van der Waals surface area contributed by atoms with Gasteiger partial charge >= 0.3 is 0 Å². The zero-order valence-electron chi connectivity index (χ0n) is 14.7. The van der Waals surface area contributed by atoms with Crippen molar-refractivity contribution in [2.24, 2.45) is 11.3 Å². The Kier molecular flexibility index (Phi) is 4.29. The van der Waals surface area contributed by atoms with Crippen LogP contribution >= 0.6 is 0 Å². The van der Waals surface area contributed by atoms with E-state index in [-0.39, 0.29) is 24.0 Å². The average molecular weight is 342 g/mol. The number of aliphatic hydroxyl groups is 1. The number of fused-ring (bicyclic) bond motifs is 1. The molecule has 1 saturated carbocycles. The summed E-state index contributed by atoms with van der Waals surface area (Å²) < 4.78 is 7.49. The molecule has 2 aromatic heterocycles. The van der Waals surface area contributed by atoms with E-state index in [1.807, 2.05) is 41.9 Å². The molecule has 2 aliphatic rings. The molecule has 134 valence electrons. The number of carbonyl (C=O) groups is 1. The number of hydrogen-bond donors (Lipinski definition) is 2. The van der Waals surface area contributed by atoms with Gasteiger partial charge in [-0.15, -0.1) is 0 Å². The first-order valence-corrected chi connectivity index (χ1v) is 9.20. The molecule has 5 heteroatoms. The van der Waals surface area contributed by atoms with Crippen LogP contribution in [0.25, 0.3) is 5.52 Å². The summed E-state index contributed by atoms with van der Waals surface area (Å²) in [6, 6.07) is 6.01. The highest BCUT2D eigenvalue weighted by Crippen LogP contribution is 2.45. The Labute approximate surface area is 148 Å². The molecule has 3 heterocycles. The molecular formula is C20H26N2O3. The first-order chi connectivity index (χ1) is 12.1. The molecule has 1 unspecified atom stereocenters. The first kappa shape index (κ1) is 16.6. The highest BCUT2D eigenvalue weighted by molar-refractivity contribution is 5.96. The second-order valence-electron chi connectivity index (χ2n) is 7.63. The Morgan fingerprint density at radius 1 is 1.44 bits per heavy atom. The number of aliphatic hydroxyl groups excluding tert-OH is 1. The van der Waals surface area contributed by atoms with Crippen LogP contribution in [0.4, 0.5) is 0 Å². The lowest BCUT2D eigenvalue weighted by Crippen LogP contribution is -2.53. The highest BCUT2D eigenvalue weighted by Gasteiger charge is 2.48. The Morgan fingerprint density at radius 2 is 2.20 bits per heavy atom. The predicted molar refractivity (Wildman–Crippen MR) is 95.7 cm³/mol. The Balaban J connectivity index is 1.59. The van der Waals surface area contributed by atoms with Gasteiger partial charge in [-0.2, -0.15) is 0 Å². The maximum Gasteiger partial charge on any atom is 0.253 e. The summed E-state index contributed by atoms with van der Waals surface area (Å²) in [4.78, 5) is 12.9. The number of rotatable bonds is 5. The molecule has 1 atom stereocenters. The summed E-state index contributed by atoms with van der Waals surface area (Å²) in [5.41, 5.74) is 2.64. The molecule has 4 rings (SSSR count). The summed E-state index contributed by atoms with van der Waals surface area (Å²) in [5.74, 6) is 0.437. The van der Waals surface area contributed by atoms with Gasteiger partial charge in [0.2, 0.25) is 0 Å². The van der Waals surface area contributed by atoms with Crippen LogP contribution in [0, 0.1) is 18.3 Å². The summed E-state index contributed by atoms with van der Waals surface area (Å²) in [6.07, 6.45) is 7.72. The SMILES string of the molecule is Cc1cccn2cc(C(=O)NC(C3CC3)C3(CO)CCOCC3)cc12. The van der Waals surface area contributed by atoms with Gasteiger partial charge in [-0.1, -0.05) is 6.07 Å². The summed E-state index contributed by atoms with van der Waals surface area (Å²) in [6.45, 7) is 3.48. The van der Waals surface area contributed by atoms with E-state index in [0.717, 1.165) is 36.8 Å². The van der Waals surface area contributed by atoms with Crippen LogP contribution in [0.1, 0.15) is 41.6 Å². The van der Waals surface area contributed by atoms with Crippen molar-refractivity contribution in [2.45, 2.75) is 38.6 Å². The van der Waals surface area contributed by atoms with Crippen LogP contribution in [0.5, 0.6) is 0 Å². The number of carbonyl (C=O) groups excluding carboxylic acids is 1. The van der Waals surface area contributed by atoms with Gasteiger partial charge in [0.25, 0.3) is 5.91 Å². The molecule has 2 fully saturated rings. The van der Waals surface area contributed by atoms with E-state index in [9.17, 15) is 9.90 Å². The molecule has 0 aromatic carbocycles. The minimum Gasteiger partial charge on any atom is -0.396 e. The van der Waals surface area contributed by atoms with Crippen molar-refractivity contribution < 1.29 is 14.6 Å². The van der Waals surface area contributed by atoms with Crippen molar-refractivity contribution in [2.75, 3.05) is 19.8 Å². The fourth-order valence-electron chi connectivity index (χ4n) is 4.18. The van der Waals surface area contributed by atoms with Gasteiger partial charge < -0.3 is 19.6 Å². The minimum absolute atomic E-state index is 0.0259. The molecule has 2 N–H and O–H groups in total. The summed E-state index contributed by atoms with van der Waals surface area (Å²) in [7, 11) is 0. The average Bonchev–Trinajstić information content (AvgIpc) is 3.37. The lowest BCUT2D eigenvalue weighted by Gasteiger charge is -2.42. The molecule has 0 spiro atoms.